The summed E-state index contributed by atoms with van der Waals surface area (Å²) in [6, 6.07) is 3.90. The minimum atomic E-state index is 0.00320. The summed E-state index contributed by atoms with van der Waals surface area (Å²) >= 11 is 0. The maximum absolute atomic E-state index is 12.2. The molecule has 0 saturated carbocycles. The molecule has 0 bridgehead atoms. The number of piperidine rings is 1. The third-order valence-corrected chi connectivity index (χ3v) is 7.02. The topological polar surface area (TPSA) is 56.8 Å². The van der Waals surface area contributed by atoms with E-state index in [1.165, 1.54) is 12.8 Å². The highest BCUT2D eigenvalue weighted by molar-refractivity contribution is 5.97. The fourth-order valence-corrected chi connectivity index (χ4v) is 4.51. The van der Waals surface area contributed by atoms with Crippen molar-refractivity contribution in [2.75, 3.05) is 57.3 Å². The van der Waals surface area contributed by atoms with Crippen LogP contribution in [0.15, 0.2) is 18.3 Å². The van der Waals surface area contributed by atoms with Crippen LogP contribution >= 0.6 is 0 Å². The molecule has 6 nitrogen and oxygen atoms in total. The molecule has 0 spiro atoms. The van der Waals surface area contributed by atoms with E-state index in [4.69, 9.17) is 0 Å². The molecule has 2 fully saturated rings. The van der Waals surface area contributed by atoms with E-state index in [1.54, 1.807) is 6.20 Å². The minimum Gasteiger partial charge on any atom is -0.354 e. The Bertz CT molecular complexity index is 718. The molecule has 0 radical (unpaired) electrons. The lowest BCUT2D eigenvalue weighted by Crippen LogP contribution is -2.49. The highest BCUT2D eigenvalue weighted by Crippen LogP contribution is 2.21. The molecule has 6 heteroatoms. The molecule has 1 unspecified atom stereocenters. The van der Waals surface area contributed by atoms with Crippen LogP contribution in [0.25, 0.3) is 0 Å². The second kappa shape index (κ2) is 11.2. The summed E-state index contributed by atoms with van der Waals surface area (Å²) < 4.78 is 0. The molecule has 31 heavy (non-hydrogen) atoms. The fraction of sp³-hybridized carbons (Fsp3) is 0.720. The molecule has 1 aromatic heterocycles. The zero-order chi connectivity index (χ0) is 22.4. The van der Waals surface area contributed by atoms with Gasteiger partial charge in [0.15, 0.2) is 5.78 Å². The van der Waals surface area contributed by atoms with Crippen molar-refractivity contribution in [3.05, 3.63) is 23.9 Å². The first-order valence-corrected chi connectivity index (χ1v) is 12.1. The summed E-state index contributed by atoms with van der Waals surface area (Å²) in [5, 5.41) is 0. The number of piperazine rings is 1. The number of hydrogen-bond acceptors (Lipinski definition) is 6. The van der Waals surface area contributed by atoms with Gasteiger partial charge in [-0.1, -0.05) is 27.7 Å². The quantitative estimate of drug-likeness (QED) is 0.562. The van der Waals surface area contributed by atoms with Gasteiger partial charge in [-0.2, -0.15) is 0 Å². The van der Waals surface area contributed by atoms with Crippen LogP contribution in [0.3, 0.4) is 0 Å². The monoisotopic (exact) mass is 428 g/mol. The predicted molar refractivity (Wildman–Crippen MR) is 126 cm³/mol. The van der Waals surface area contributed by atoms with Crippen molar-refractivity contribution in [3.8, 4) is 0 Å². The van der Waals surface area contributed by atoms with Gasteiger partial charge in [0.25, 0.3) is 0 Å². The van der Waals surface area contributed by atoms with E-state index in [1.807, 2.05) is 32.9 Å². The zero-order valence-corrected chi connectivity index (χ0v) is 19.8. The Kier molecular flexibility index (Phi) is 8.61. The Labute approximate surface area is 188 Å². The molecule has 0 N–H and O–H groups in total. The number of likely N-dealkylation sites (tertiary alicyclic amines) is 1. The summed E-state index contributed by atoms with van der Waals surface area (Å²) in [5.74, 6) is 2.45. The third-order valence-electron chi connectivity index (χ3n) is 7.02. The molecule has 172 valence electrons. The Hall–Kier alpha value is -1.79. The van der Waals surface area contributed by atoms with Crippen LogP contribution in [0, 0.1) is 17.8 Å². The minimum absolute atomic E-state index is 0.00320. The summed E-state index contributed by atoms with van der Waals surface area (Å²) in [5.41, 5.74) is 0.703. The van der Waals surface area contributed by atoms with Gasteiger partial charge in [-0.05, 0) is 50.4 Å². The highest BCUT2D eigenvalue weighted by Gasteiger charge is 2.26. The van der Waals surface area contributed by atoms with Gasteiger partial charge < -0.3 is 4.90 Å². The molecule has 2 saturated heterocycles. The first-order chi connectivity index (χ1) is 14.9. The second-order valence-corrected chi connectivity index (χ2v) is 9.71. The molecule has 3 rings (SSSR count). The van der Waals surface area contributed by atoms with Gasteiger partial charge in [-0.15, -0.1) is 0 Å². The fourth-order valence-electron chi connectivity index (χ4n) is 4.51. The Balaban J connectivity index is 1.39. The molecular formula is C25H40N4O2. The van der Waals surface area contributed by atoms with Crippen LogP contribution in [0.2, 0.25) is 0 Å². The van der Waals surface area contributed by atoms with Gasteiger partial charge in [0, 0.05) is 56.3 Å². The van der Waals surface area contributed by atoms with Crippen molar-refractivity contribution in [2.24, 2.45) is 17.8 Å². The number of carbonyl (C=O) groups excluding carboxylic acids is 2. The van der Waals surface area contributed by atoms with Crippen molar-refractivity contribution in [3.63, 3.8) is 0 Å². The van der Waals surface area contributed by atoms with E-state index >= 15 is 0 Å². The number of aromatic nitrogens is 1. The van der Waals surface area contributed by atoms with Crippen molar-refractivity contribution in [1.82, 2.24) is 14.8 Å². The lowest BCUT2D eigenvalue weighted by Gasteiger charge is -2.39. The average Bonchev–Trinajstić information content (AvgIpc) is 2.79. The highest BCUT2D eigenvalue weighted by atomic mass is 16.1. The van der Waals surface area contributed by atoms with E-state index in [-0.39, 0.29) is 17.6 Å². The van der Waals surface area contributed by atoms with E-state index in [2.05, 4.69) is 26.6 Å². The Morgan fingerprint density at radius 3 is 2.23 bits per heavy atom. The Morgan fingerprint density at radius 1 is 1.00 bits per heavy atom. The normalized spacial score (nSPS) is 20.2. The van der Waals surface area contributed by atoms with Gasteiger partial charge in [-0.3, -0.25) is 19.4 Å². The van der Waals surface area contributed by atoms with Crippen molar-refractivity contribution < 1.29 is 9.59 Å². The molecule has 0 aromatic carbocycles. The van der Waals surface area contributed by atoms with Crippen LogP contribution in [-0.2, 0) is 4.79 Å². The molecule has 2 aliphatic heterocycles. The lowest BCUT2D eigenvalue weighted by molar-refractivity contribution is -0.124. The summed E-state index contributed by atoms with van der Waals surface area (Å²) in [4.78, 5) is 36.1. The first-order valence-electron chi connectivity index (χ1n) is 12.1. The van der Waals surface area contributed by atoms with Gasteiger partial charge in [-0.25, -0.2) is 4.98 Å². The van der Waals surface area contributed by atoms with E-state index < -0.39 is 0 Å². The molecule has 1 aromatic rings. The van der Waals surface area contributed by atoms with Crippen LogP contribution in [0.4, 0.5) is 5.82 Å². The maximum Gasteiger partial charge on any atom is 0.166 e. The number of ketones is 2. The molecule has 2 aliphatic rings. The Morgan fingerprint density at radius 2 is 1.68 bits per heavy atom. The van der Waals surface area contributed by atoms with Crippen molar-refractivity contribution in [1.29, 1.82) is 0 Å². The number of rotatable bonds is 9. The van der Waals surface area contributed by atoms with Gasteiger partial charge in [0.05, 0.1) is 6.54 Å². The first kappa shape index (κ1) is 23.9. The second-order valence-electron chi connectivity index (χ2n) is 9.71. The van der Waals surface area contributed by atoms with Crippen LogP contribution in [0.1, 0.15) is 57.3 Å². The molecule has 3 heterocycles. The largest absolute Gasteiger partial charge is 0.354 e. The lowest BCUT2D eigenvalue weighted by atomic mass is 9.95. The average molecular weight is 429 g/mol. The summed E-state index contributed by atoms with van der Waals surface area (Å²) in [6.07, 6.45) is 5.06. The smallest absolute Gasteiger partial charge is 0.166 e. The number of anilines is 1. The predicted octanol–water partition coefficient (Wildman–Crippen LogP) is 3.37. The third kappa shape index (κ3) is 6.59. The van der Waals surface area contributed by atoms with Crippen molar-refractivity contribution >= 4 is 17.4 Å². The number of Topliss-reactive ketones (excluding diaryl/α,β-unsaturated/α-hetero) is 2. The summed E-state index contributed by atoms with van der Waals surface area (Å²) in [6.45, 7) is 16.0. The molecular weight excluding hydrogens is 388 g/mol. The van der Waals surface area contributed by atoms with Gasteiger partial charge >= 0.3 is 0 Å². The number of carbonyl (C=O) groups is 2. The van der Waals surface area contributed by atoms with Crippen LogP contribution < -0.4 is 4.90 Å². The summed E-state index contributed by atoms with van der Waals surface area (Å²) in [7, 11) is 0. The van der Waals surface area contributed by atoms with Gasteiger partial charge in [0.2, 0.25) is 0 Å². The number of nitrogens with zero attached hydrogens (tertiary/aromatic N) is 4. The van der Waals surface area contributed by atoms with Crippen LogP contribution in [0.5, 0.6) is 0 Å². The standard InChI is InChI=1S/C25H40N4O2/c1-5-20(4)23(30)18-27-10-8-21(9-11-27)17-28-12-14-29(15-13-28)24-7-6-22(16-26-24)25(31)19(2)3/h6-7,16,19-21H,5,8-15,17-18H2,1-4H3. The zero-order valence-electron chi connectivity index (χ0n) is 19.8. The molecule has 0 aliphatic carbocycles. The van der Waals surface area contributed by atoms with Crippen LogP contribution in [-0.4, -0.2) is 78.7 Å². The molecule has 0 amide bonds. The molecule has 1 atom stereocenters. The van der Waals surface area contributed by atoms with E-state index in [9.17, 15) is 9.59 Å². The SMILES string of the molecule is CCC(C)C(=O)CN1CCC(CN2CCN(c3ccc(C(=O)C(C)C)cn3)CC2)CC1. The number of hydrogen-bond donors (Lipinski definition) is 0. The van der Waals surface area contributed by atoms with E-state index in [0.29, 0.717) is 17.9 Å². The van der Waals surface area contributed by atoms with Gasteiger partial charge in [0.1, 0.15) is 11.6 Å². The van der Waals surface area contributed by atoms with Crippen molar-refractivity contribution in [2.45, 2.75) is 47.0 Å². The number of pyridine rings is 1. The maximum atomic E-state index is 12.2. The van der Waals surface area contributed by atoms with E-state index in [0.717, 1.165) is 64.0 Å².